The Morgan fingerprint density at radius 1 is 0.545 bits per heavy atom. The summed E-state index contributed by atoms with van der Waals surface area (Å²) >= 11 is 0. The van der Waals surface area contributed by atoms with Crippen molar-refractivity contribution in [3.63, 3.8) is 0 Å². The standard InChI is InChI=1S/C4F10NO4S2.H3N/c5-1(6,7)3(11,12)20(16,17)15-21(18,19)4(13,14)2(8,9)10;/h;1H3/q-1;/p+1. The minimum absolute atomic E-state index is 0. The molecule has 0 rings (SSSR count). The van der Waals surface area contributed by atoms with Gasteiger partial charge in [0.2, 0.25) is 0 Å². The lowest BCUT2D eigenvalue weighted by Crippen LogP contribution is -2.48. The smallest absolute Gasteiger partial charge is 0.425 e. The summed E-state index contributed by atoms with van der Waals surface area (Å²) in [5.41, 5.74) is 0. The van der Waals surface area contributed by atoms with Crippen molar-refractivity contribution in [1.29, 1.82) is 0 Å². The van der Waals surface area contributed by atoms with Gasteiger partial charge in [-0.15, -0.1) is 0 Å². The van der Waals surface area contributed by atoms with Crippen LogP contribution < -0.4 is 6.15 Å². The summed E-state index contributed by atoms with van der Waals surface area (Å²) in [5.74, 6) is 0. The van der Waals surface area contributed by atoms with Crippen molar-refractivity contribution >= 4 is 20.0 Å². The number of sulfonamides is 2. The fourth-order valence-corrected chi connectivity index (χ4v) is 2.88. The molecule has 0 spiro atoms. The van der Waals surface area contributed by atoms with Crippen molar-refractivity contribution in [3.05, 3.63) is 4.13 Å². The second-order valence-corrected chi connectivity index (χ2v) is 6.58. The summed E-state index contributed by atoms with van der Waals surface area (Å²) in [5, 5.41) is -14.0. The molecule has 0 bridgehead atoms. The molecule has 0 aromatic rings. The summed E-state index contributed by atoms with van der Waals surface area (Å²) in [7, 11) is -15.2. The predicted molar refractivity (Wildman–Crippen MR) is 49.2 cm³/mol. The minimum atomic E-state index is -7.62. The van der Waals surface area contributed by atoms with E-state index in [0.29, 0.717) is 4.13 Å². The van der Waals surface area contributed by atoms with Gasteiger partial charge in [0, 0.05) is 0 Å². The van der Waals surface area contributed by atoms with E-state index in [0.717, 1.165) is 0 Å². The van der Waals surface area contributed by atoms with Gasteiger partial charge in [0.25, 0.3) is 0 Å². The normalized spacial score (nSPS) is 15.4. The maximum Gasteiger partial charge on any atom is 0.467 e. The molecule has 22 heavy (non-hydrogen) atoms. The molecule has 0 aliphatic carbocycles. The van der Waals surface area contributed by atoms with Gasteiger partial charge in [-0.3, -0.25) is 0 Å². The molecule has 136 valence electrons. The van der Waals surface area contributed by atoms with Crippen LogP contribution in [0.4, 0.5) is 43.9 Å². The minimum Gasteiger partial charge on any atom is -0.425 e. The number of nitrogens with zero attached hydrogens (tertiary/aromatic N) is 1. The van der Waals surface area contributed by atoms with Gasteiger partial charge in [-0.1, -0.05) is 0 Å². The molecular weight excluding hydrogens is 394 g/mol. The second-order valence-electron chi connectivity index (χ2n) is 3.05. The molecule has 4 N–H and O–H groups in total. The lowest BCUT2D eigenvalue weighted by molar-refractivity contribution is -0.241. The Morgan fingerprint density at radius 3 is 0.864 bits per heavy atom. The molecule has 0 aliphatic heterocycles. The van der Waals surface area contributed by atoms with E-state index in [1.807, 2.05) is 0 Å². The molecule has 6 nitrogen and oxygen atoms in total. The number of halogens is 10. The van der Waals surface area contributed by atoms with E-state index in [1.165, 1.54) is 0 Å². The van der Waals surface area contributed by atoms with Gasteiger partial charge in [0.1, 0.15) is 0 Å². The van der Waals surface area contributed by atoms with Gasteiger partial charge in [0.05, 0.1) is 0 Å². The van der Waals surface area contributed by atoms with E-state index in [2.05, 4.69) is 0 Å². The van der Waals surface area contributed by atoms with Crippen molar-refractivity contribution in [2.45, 2.75) is 22.9 Å². The van der Waals surface area contributed by atoms with Gasteiger partial charge in [-0.2, -0.15) is 43.9 Å². The first kappa shape index (κ1) is 23.4. The quantitative estimate of drug-likeness (QED) is 0.733. The molecule has 0 aliphatic rings. The summed E-state index contributed by atoms with van der Waals surface area (Å²) in [6, 6.07) is 0. The Labute approximate surface area is 115 Å². The summed E-state index contributed by atoms with van der Waals surface area (Å²) in [4.78, 5) is 0. The monoisotopic (exact) mass is 398 g/mol. The molecule has 0 unspecified atom stereocenters. The average molecular weight is 398 g/mol. The molecule has 0 amide bonds. The first-order valence-corrected chi connectivity index (χ1v) is 6.71. The van der Waals surface area contributed by atoms with Crippen molar-refractivity contribution in [3.8, 4) is 0 Å². The highest BCUT2D eigenvalue weighted by Crippen LogP contribution is 2.47. The van der Waals surface area contributed by atoms with Crippen molar-refractivity contribution in [2.24, 2.45) is 0 Å². The van der Waals surface area contributed by atoms with Crippen LogP contribution in [0.15, 0.2) is 0 Å². The lowest BCUT2D eigenvalue weighted by Gasteiger charge is -2.31. The fraction of sp³-hybridized carbons (Fsp3) is 1.00. The van der Waals surface area contributed by atoms with E-state index in [1.54, 1.807) is 0 Å². The van der Waals surface area contributed by atoms with Crippen LogP contribution in [-0.2, 0) is 20.0 Å². The Balaban J connectivity index is 0. The highest BCUT2D eigenvalue weighted by molar-refractivity contribution is 8.13. The Morgan fingerprint density at radius 2 is 0.727 bits per heavy atom. The van der Waals surface area contributed by atoms with Gasteiger partial charge >= 0.3 is 22.9 Å². The van der Waals surface area contributed by atoms with Crippen molar-refractivity contribution < 1.29 is 60.7 Å². The summed E-state index contributed by atoms with van der Waals surface area (Å²) in [6.07, 6.45) is -14.0. The average Bonchev–Trinajstić information content (AvgIpc) is 2.11. The largest absolute Gasteiger partial charge is 0.467 e. The van der Waals surface area contributed by atoms with Crippen LogP contribution in [0, 0.1) is 0 Å². The zero-order valence-corrected chi connectivity index (χ0v) is 11.3. The summed E-state index contributed by atoms with van der Waals surface area (Å²) < 4.78 is 161. The van der Waals surface area contributed by atoms with Gasteiger partial charge in [-0.05, 0) is 0 Å². The van der Waals surface area contributed by atoms with Crippen LogP contribution >= 0.6 is 0 Å². The van der Waals surface area contributed by atoms with Crippen molar-refractivity contribution in [1.82, 2.24) is 6.15 Å². The first-order chi connectivity index (χ1) is 8.71. The number of quaternary nitrogens is 1. The highest BCUT2D eigenvalue weighted by Gasteiger charge is 2.68. The van der Waals surface area contributed by atoms with Crippen LogP contribution in [0.1, 0.15) is 0 Å². The molecule has 0 aromatic carbocycles. The fourth-order valence-electron chi connectivity index (χ4n) is 0.515. The van der Waals surface area contributed by atoms with E-state index < -0.39 is 42.9 Å². The van der Waals surface area contributed by atoms with Crippen LogP contribution in [0.5, 0.6) is 0 Å². The number of hydrogen-bond acceptors (Lipinski definition) is 4. The third-order valence-electron chi connectivity index (χ3n) is 1.50. The third-order valence-corrected chi connectivity index (χ3v) is 4.83. The van der Waals surface area contributed by atoms with Crippen LogP contribution in [-0.4, -0.2) is 39.7 Å². The third kappa shape index (κ3) is 3.71. The van der Waals surface area contributed by atoms with E-state index in [9.17, 15) is 60.7 Å². The molecular formula is C4H4F10N2O4S2. The Kier molecular flexibility index (Phi) is 5.99. The zero-order valence-electron chi connectivity index (χ0n) is 9.68. The molecule has 0 radical (unpaired) electrons. The van der Waals surface area contributed by atoms with Crippen molar-refractivity contribution in [2.75, 3.05) is 0 Å². The summed E-state index contributed by atoms with van der Waals surface area (Å²) in [6.45, 7) is 0. The lowest BCUT2D eigenvalue weighted by atomic mass is 10.7. The van der Waals surface area contributed by atoms with Crippen LogP contribution in [0.25, 0.3) is 4.13 Å². The second kappa shape index (κ2) is 5.64. The Bertz CT molecular complexity index is 548. The van der Waals surface area contributed by atoms with Crippen LogP contribution in [0.2, 0.25) is 0 Å². The van der Waals surface area contributed by atoms with Gasteiger partial charge < -0.3 is 10.3 Å². The molecule has 0 saturated heterocycles. The topological polar surface area (TPSA) is 119 Å². The first-order valence-electron chi connectivity index (χ1n) is 3.83. The molecule has 0 aromatic heterocycles. The molecule has 0 atom stereocenters. The maximum absolute atomic E-state index is 12.3. The van der Waals surface area contributed by atoms with E-state index in [-0.39, 0.29) is 6.15 Å². The predicted octanol–water partition coefficient (Wildman–Crippen LogP) is 2.71. The molecule has 18 heteroatoms. The van der Waals surface area contributed by atoms with E-state index in [4.69, 9.17) is 0 Å². The molecule has 0 fully saturated rings. The van der Waals surface area contributed by atoms with E-state index >= 15 is 0 Å². The SMILES string of the molecule is O=S(=O)([N-]S(=O)(=O)C(F)(F)C(F)(F)F)C(F)(F)C(F)(F)F.[NH4+]. The highest BCUT2D eigenvalue weighted by atomic mass is 32.3. The van der Waals surface area contributed by atoms with Gasteiger partial charge in [0.15, 0.2) is 20.0 Å². The van der Waals surface area contributed by atoms with Crippen LogP contribution in [0.3, 0.4) is 0 Å². The maximum atomic E-state index is 12.3. The number of alkyl halides is 10. The molecule has 0 heterocycles. The molecule has 0 saturated carbocycles. The number of hydrogen-bond donors (Lipinski definition) is 1. The zero-order chi connectivity index (χ0) is 17.7. The van der Waals surface area contributed by atoms with Gasteiger partial charge in [-0.25, -0.2) is 16.8 Å². The Hall–Kier alpha value is -0.880. The number of rotatable bonds is 4.